The molecule has 2 N–H and O–H groups in total. The van der Waals surface area contributed by atoms with Crippen molar-refractivity contribution in [3.63, 3.8) is 0 Å². The number of esters is 1. The van der Waals surface area contributed by atoms with Gasteiger partial charge in [-0.1, -0.05) is 32.8 Å². The van der Waals surface area contributed by atoms with E-state index >= 15 is 0 Å². The van der Waals surface area contributed by atoms with Gasteiger partial charge in [-0.2, -0.15) is 0 Å². The molecule has 2 rings (SSSR count). The molecule has 1 amide bonds. The van der Waals surface area contributed by atoms with Crippen molar-refractivity contribution >= 4 is 21.9 Å². The van der Waals surface area contributed by atoms with Crippen LogP contribution >= 0.6 is 0 Å². The van der Waals surface area contributed by atoms with E-state index in [0.717, 1.165) is 19.3 Å². The summed E-state index contributed by atoms with van der Waals surface area (Å²) in [6.45, 7) is 3.90. The Hall–Kier alpha value is -1.93. The summed E-state index contributed by atoms with van der Waals surface area (Å²) in [7, 11) is -3.67. The molecule has 0 bridgehead atoms. The summed E-state index contributed by atoms with van der Waals surface area (Å²) in [5.41, 5.74) is 0.0909. The summed E-state index contributed by atoms with van der Waals surface area (Å²) in [5.74, 6) is -0.652. The summed E-state index contributed by atoms with van der Waals surface area (Å²) in [6.07, 6.45) is 4.94. The van der Waals surface area contributed by atoms with Gasteiger partial charge in [0.05, 0.1) is 10.5 Å². The Balaban J connectivity index is 1.92. The molecule has 1 aliphatic rings. The zero-order valence-corrected chi connectivity index (χ0v) is 16.7. The van der Waals surface area contributed by atoms with Crippen molar-refractivity contribution in [3.05, 3.63) is 29.8 Å². The van der Waals surface area contributed by atoms with Gasteiger partial charge in [0.25, 0.3) is 5.91 Å². The molecule has 0 unspecified atom stereocenters. The second kappa shape index (κ2) is 9.85. The average molecular weight is 397 g/mol. The van der Waals surface area contributed by atoms with Gasteiger partial charge in [-0.05, 0) is 43.4 Å². The number of amides is 1. The Morgan fingerprint density at radius 1 is 1.22 bits per heavy atom. The summed E-state index contributed by atoms with van der Waals surface area (Å²) in [5, 5.41) is 2.91. The minimum atomic E-state index is -3.67. The van der Waals surface area contributed by atoms with Gasteiger partial charge in [-0.3, -0.25) is 4.79 Å². The van der Waals surface area contributed by atoms with Crippen LogP contribution in [0.3, 0.4) is 0 Å². The summed E-state index contributed by atoms with van der Waals surface area (Å²) in [6, 6.07) is 5.71. The van der Waals surface area contributed by atoms with Crippen molar-refractivity contribution in [3.8, 4) is 0 Å². The maximum absolute atomic E-state index is 12.2. The number of sulfonamides is 1. The van der Waals surface area contributed by atoms with Crippen LogP contribution in [0.2, 0.25) is 0 Å². The lowest BCUT2D eigenvalue weighted by molar-refractivity contribution is -0.125. The van der Waals surface area contributed by atoms with Crippen molar-refractivity contribution in [1.82, 2.24) is 10.0 Å². The van der Waals surface area contributed by atoms with Crippen LogP contribution in [0, 0.1) is 5.92 Å². The Morgan fingerprint density at radius 2 is 1.96 bits per heavy atom. The lowest BCUT2D eigenvalue weighted by atomic mass is 9.86. The molecular formula is C19H28N2O5S. The highest BCUT2D eigenvalue weighted by atomic mass is 32.2. The number of carbonyl (C=O) groups is 2. The number of carbonyl (C=O) groups excluding carboxylic acids is 2. The molecule has 0 aliphatic heterocycles. The molecule has 1 fully saturated rings. The third kappa shape index (κ3) is 6.32. The fraction of sp³-hybridized carbons (Fsp3) is 0.579. The number of hydrogen-bond acceptors (Lipinski definition) is 5. The second-order valence-electron chi connectivity index (χ2n) is 6.94. The quantitative estimate of drug-likeness (QED) is 0.656. The van der Waals surface area contributed by atoms with Crippen LogP contribution in [-0.2, 0) is 19.6 Å². The topological polar surface area (TPSA) is 102 Å². The predicted octanol–water partition coefficient (Wildman–Crippen LogP) is 2.23. The molecule has 0 saturated heterocycles. The van der Waals surface area contributed by atoms with E-state index in [1.54, 1.807) is 0 Å². The largest absolute Gasteiger partial charge is 0.452 e. The van der Waals surface area contributed by atoms with E-state index in [9.17, 15) is 18.0 Å². The zero-order valence-electron chi connectivity index (χ0n) is 15.9. The third-order valence-electron chi connectivity index (χ3n) is 4.71. The fourth-order valence-corrected chi connectivity index (χ4v) is 4.28. The van der Waals surface area contributed by atoms with Gasteiger partial charge in [0, 0.05) is 12.6 Å². The number of nitrogens with one attached hydrogen (secondary N) is 2. The van der Waals surface area contributed by atoms with Gasteiger partial charge < -0.3 is 10.1 Å². The monoisotopic (exact) mass is 396 g/mol. The van der Waals surface area contributed by atoms with Crippen molar-refractivity contribution in [2.75, 3.05) is 13.2 Å². The lowest BCUT2D eigenvalue weighted by Crippen LogP contribution is -2.42. The van der Waals surface area contributed by atoms with Crippen molar-refractivity contribution in [2.24, 2.45) is 5.92 Å². The SMILES string of the molecule is CCCNS(=O)(=O)c1cccc(C(=O)OCC(=O)N[C@H]2CCCC[C@H]2C)c1. The van der Waals surface area contributed by atoms with Crippen LogP contribution < -0.4 is 10.0 Å². The van der Waals surface area contributed by atoms with Crippen LogP contribution in [0.5, 0.6) is 0 Å². The first-order valence-electron chi connectivity index (χ1n) is 9.39. The summed E-state index contributed by atoms with van der Waals surface area (Å²) >= 11 is 0. The van der Waals surface area contributed by atoms with E-state index < -0.39 is 16.0 Å². The molecule has 0 aromatic heterocycles. The minimum absolute atomic E-state index is 0.00844. The summed E-state index contributed by atoms with van der Waals surface area (Å²) < 4.78 is 31.8. The molecule has 1 aliphatic carbocycles. The van der Waals surface area contributed by atoms with Crippen LogP contribution in [0.25, 0.3) is 0 Å². The van der Waals surface area contributed by atoms with Crippen LogP contribution in [0.15, 0.2) is 29.2 Å². The molecule has 0 spiro atoms. The molecule has 8 heteroatoms. The van der Waals surface area contributed by atoms with E-state index in [-0.39, 0.29) is 29.0 Å². The zero-order chi connectivity index (χ0) is 19.9. The standard InChI is InChI=1S/C19H28N2O5S/c1-3-11-20-27(24,25)16-9-6-8-15(12-16)19(23)26-13-18(22)21-17-10-5-4-7-14(17)2/h6,8-9,12,14,17,20H,3-5,7,10-11,13H2,1-2H3,(H,21,22)/t14-,17+/m1/s1. The Morgan fingerprint density at radius 3 is 2.67 bits per heavy atom. The van der Waals surface area contributed by atoms with Crippen molar-refractivity contribution < 1.29 is 22.7 Å². The minimum Gasteiger partial charge on any atom is -0.452 e. The highest BCUT2D eigenvalue weighted by molar-refractivity contribution is 7.89. The first-order valence-corrected chi connectivity index (χ1v) is 10.9. The first kappa shape index (κ1) is 21.4. The van der Waals surface area contributed by atoms with Gasteiger partial charge in [-0.25, -0.2) is 17.9 Å². The van der Waals surface area contributed by atoms with Crippen molar-refractivity contribution in [1.29, 1.82) is 0 Å². The van der Waals surface area contributed by atoms with E-state index in [0.29, 0.717) is 18.9 Å². The Bertz CT molecular complexity index is 763. The number of hydrogen-bond donors (Lipinski definition) is 2. The number of rotatable bonds is 8. The van der Waals surface area contributed by atoms with E-state index in [1.165, 1.54) is 30.7 Å². The van der Waals surface area contributed by atoms with E-state index in [1.807, 2.05) is 6.92 Å². The maximum atomic E-state index is 12.2. The van der Waals surface area contributed by atoms with Gasteiger partial charge in [0.15, 0.2) is 6.61 Å². The molecule has 27 heavy (non-hydrogen) atoms. The van der Waals surface area contributed by atoms with Gasteiger partial charge >= 0.3 is 5.97 Å². The second-order valence-corrected chi connectivity index (χ2v) is 8.70. The Labute approximate surface area is 160 Å². The average Bonchev–Trinajstić information content (AvgIpc) is 2.66. The predicted molar refractivity (Wildman–Crippen MR) is 102 cm³/mol. The summed E-state index contributed by atoms with van der Waals surface area (Å²) in [4.78, 5) is 24.2. The first-order chi connectivity index (χ1) is 12.8. The molecule has 0 heterocycles. The highest BCUT2D eigenvalue weighted by Gasteiger charge is 2.23. The highest BCUT2D eigenvalue weighted by Crippen LogP contribution is 2.23. The molecule has 1 aromatic rings. The van der Waals surface area contributed by atoms with Crippen LogP contribution in [0.1, 0.15) is 56.3 Å². The van der Waals surface area contributed by atoms with Gasteiger partial charge in [0.1, 0.15) is 0 Å². The van der Waals surface area contributed by atoms with Gasteiger partial charge in [-0.15, -0.1) is 0 Å². The Kier molecular flexibility index (Phi) is 7.79. The van der Waals surface area contributed by atoms with E-state index in [2.05, 4.69) is 17.0 Å². The molecule has 2 atom stereocenters. The van der Waals surface area contributed by atoms with Crippen LogP contribution in [0.4, 0.5) is 0 Å². The third-order valence-corrected chi connectivity index (χ3v) is 6.17. The maximum Gasteiger partial charge on any atom is 0.338 e. The number of benzene rings is 1. The lowest BCUT2D eigenvalue weighted by Gasteiger charge is -2.29. The molecule has 1 saturated carbocycles. The smallest absolute Gasteiger partial charge is 0.338 e. The van der Waals surface area contributed by atoms with E-state index in [4.69, 9.17) is 4.74 Å². The molecule has 0 radical (unpaired) electrons. The number of ether oxygens (including phenoxy) is 1. The molecule has 7 nitrogen and oxygen atoms in total. The van der Waals surface area contributed by atoms with Crippen molar-refractivity contribution in [2.45, 2.75) is 56.9 Å². The normalized spacial score (nSPS) is 20.1. The van der Waals surface area contributed by atoms with Crippen LogP contribution in [-0.4, -0.2) is 39.5 Å². The fourth-order valence-electron chi connectivity index (χ4n) is 3.10. The molecular weight excluding hydrogens is 368 g/mol. The molecule has 150 valence electrons. The van der Waals surface area contributed by atoms with Gasteiger partial charge in [0.2, 0.25) is 10.0 Å². The molecule has 1 aromatic carbocycles.